The van der Waals surface area contributed by atoms with Gasteiger partial charge in [0.25, 0.3) is 0 Å². The molecule has 0 bridgehead atoms. The summed E-state index contributed by atoms with van der Waals surface area (Å²) < 4.78 is 1.00. The van der Waals surface area contributed by atoms with Gasteiger partial charge in [0, 0.05) is 11.3 Å². The molecule has 1 aromatic carbocycles. The van der Waals surface area contributed by atoms with Crippen LogP contribution in [0.25, 0.3) is 11.3 Å². The van der Waals surface area contributed by atoms with Gasteiger partial charge in [0.05, 0.1) is 5.69 Å². The fourth-order valence-electron chi connectivity index (χ4n) is 1.53. The molecule has 0 atom stereocenters. The quantitative estimate of drug-likeness (QED) is 0.252. The highest BCUT2D eigenvalue weighted by atomic mass is 127. The first-order valence-electron chi connectivity index (χ1n) is 6.02. The highest BCUT2D eigenvalue weighted by Gasteiger charge is 2.05. The van der Waals surface area contributed by atoms with Gasteiger partial charge in [-0.1, -0.05) is 55.4 Å². The van der Waals surface area contributed by atoms with E-state index in [1.54, 1.807) is 11.8 Å². The maximum absolute atomic E-state index is 4.62. The van der Waals surface area contributed by atoms with E-state index in [-0.39, 0.29) is 0 Å². The second kappa shape index (κ2) is 7.09. The lowest BCUT2D eigenvalue weighted by Gasteiger charge is -2.05. The molecule has 0 radical (unpaired) electrons. The van der Waals surface area contributed by atoms with E-state index >= 15 is 0 Å². The number of rotatable bonds is 5. The van der Waals surface area contributed by atoms with Crippen molar-refractivity contribution < 1.29 is 0 Å². The number of hydrogen-bond donors (Lipinski definition) is 0. The largest absolute Gasteiger partial charge is 0.222 e. The minimum atomic E-state index is 0.884. The number of hydrogen-bond acceptors (Lipinski definition) is 3. The Kier molecular flexibility index (Phi) is 5.44. The third kappa shape index (κ3) is 3.95. The molecule has 18 heavy (non-hydrogen) atoms. The molecule has 0 fully saturated rings. The second-order valence-electron chi connectivity index (χ2n) is 3.93. The fraction of sp³-hybridized carbons (Fsp3) is 0.286. The van der Waals surface area contributed by atoms with Crippen LogP contribution in [0.5, 0.6) is 0 Å². The highest BCUT2D eigenvalue weighted by molar-refractivity contribution is 14.1. The van der Waals surface area contributed by atoms with Gasteiger partial charge in [0.2, 0.25) is 0 Å². The minimum absolute atomic E-state index is 0.884. The average molecular weight is 370 g/mol. The van der Waals surface area contributed by atoms with Gasteiger partial charge in [-0.2, -0.15) is 0 Å². The third-order valence-corrected chi connectivity index (χ3v) is 3.96. The summed E-state index contributed by atoms with van der Waals surface area (Å²) >= 11 is 4.00. The first-order valence-corrected chi connectivity index (χ1v) is 8.09. The summed E-state index contributed by atoms with van der Waals surface area (Å²) in [6.07, 6.45) is 2.42. The molecule has 94 valence electrons. The van der Waals surface area contributed by atoms with Gasteiger partial charge in [0.1, 0.15) is 3.70 Å². The molecular weight excluding hydrogens is 355 g/mol. The number of nitrogens with zero attached hydrogens (tertiary/aromatic N) is 2. The molecule has 1 heterocycles. The fourth-order valence-corrected chi connectivity index (χ4v) is 3.15. The molecule has 2 aromatic rings. The second-order valence-corrected chi connectivity index (χ2v) is 6.09. The summed E-state index contributed by atoms with van der Waals surface area (Å²) in [5.74, 6) is 1.09. The van der Waals surface area contributed by atoms with Crippen LogP contribution < -0.4 is 0 Å². The molecule has 4 heteroatoms. The highest BCUT2D eigenvalue weighted by Crippen LogP contribution is 2.22. The van der Waals surface area contributed by atoms with Crippen molar-refractivity contribution >= 4 is 34.4 Å². The Balaban J connectivity index is 2.21. The van der Waals surface area contributed by atoms with Gasteiger partial charge in [-0.3, -0.25) is 0 Å². The van der Waals surface area contributed by atoms with Crippen molar-refractivity contribution in [3.05, 3.63) is 40.1 Å². The SMILES string of the molecule is CCCCSc1nc(I)cc(-c2ccccc2)n1. The summed E-state index contributed by atoms with van der Waals surface area (Å²) in [4.78, 5) is 9.09. The van der Waals surface area contributed by atoms with E-state index in [0.29, 0.717) is 0 Å². The van der Waals surface area contributed by atoms with Gasteiger partial charge in [-0.05, 0) is 35.1 Å². The lowest BCUT2D eigenvalue weighted by molar-refractivity contribution is 0.886. The van der Waals surface area contributed by atoms with Crippen LogP contribution in [0.1, 0.15) is 19.8 Å². The monoisotopic (exact) mass is 370 g/mol. The normalized spacial score (nSPS) is 10.6. The molecule has 0 unspecified atom stereocenters. The minimum Gasteiger partial charge on any atom is -0.222 e. The first kappa shape index (κ1) is 13.8. The maximum Gasteiger partial charge on any atom is 0.189 e. The zero-order valence-electron chi connectivity index (χ0n) is 10.3. The number of halogens is 1. The molecule has 0 saturated carbocycles. The van der Waals surface area contributed by atoms with Crippen LogP contribution in [-0.2, 0) is 0 Å². The molecule has 0 aliphatic heterocycles. The van der Waals surface area contributed by atoms with Crippen molar-refractivity contribution in [3.8, 4) is 11.3 Å². The predicted octanol–water partition coefficient (Wildman–Crippen LogP) is 4.64. The molecule has 0 saturated heterocycles. The van der Waals surface area contributed by atoms with Crippen LogP contribution >= 0.6 is 34.4 Å². The molecule has 0 aliphatic carbocycles. The lowest BCUT2D eigenvalue weighted by atomic mass is 10.1. The van der Waals surface area contributed by atoms with Crippen LogP contribution in [0.3, 0.4) is 0 Å². The average Bonchev–Trinajstić information content (AvgIpc) is 2.39. The van der Waals surface area contributed by atoms with E-state index in [4.69, 9.17) is 0 Å². The Morgan fingerprint density at radius 3 is 2.67 bits per heavy atom. The van der Waals surface area contributed by atoms with Crippen molar-refractivity contribution in [1.29, 1.82) is 0 Å². The number of aromatic nitrogens is 2. The smallest absolute Gasteiger partial charge is 0.189 e. The zero-order valence-corrected chi connectivity index (χ0v) is 13.2. The van der Waals surface area contributed by atoms with Gasteiger partial charge < -0.3 is 0 Å². The van der Waals surface area contributed by atoms with Crippen LogP contribution in [0, 0.1) is 3.70 Å². The third-order valence-electron chi connectivity index (χ3n) is 2.47. The standard InChI is InChI=1S/C14H15IN2S/c1-2-3-9-18-14-16-12(10-13(15)17-14)11-7-5-4-6-8-11/h4-8,10H,2-3,9H2,1H3. The van der Waals surface area contributed by atoms with Crippen molar-refractivity contribution in [2.75, 3.05) is 5.75 Å². The Bertz CT molecular complexity index is 502. The van der Waals surface area contributed by atoms with Gasteiger partial charge >= 0.3 is 0 Å². The first-order chi connectivity index (χ1) is 8.79. The number of thioether (sulfide) groups is 1. The Hall–Kier alpha value is -0.620. The molecule has 2 nitrogen and oxygen atoms in total. The van der Waals surface area contributed by atoms with Crippen LogP contribution in [0.4, 0.5) is 0 Å². The molecule has 0 aliphatic rings. The maximum atomic E-state index is 4.62. The van der Waals surface area contributed by atoms with Gasteiger partial charge in [0.15, 0.2) is 5.16 Å². The van der Waals surface area contributed by atoms with E-state index in [9.17, 15) is 0 Å². The van der Waals surface area contributed by atoms with E-state index in [0.717, 1.165) is 25.9 Å². The van der Waals surface area contributed by atoms with Crippen molar-refractivity contribution in [1.82, 2.24) is 9.97 Å². The summed E-state index contributed by atoms with van der Waals surface area (Å²) in [5, 5.41) is 0.884. The Labute approximate surface area is 126 Å². The summed E-state index contributed by atoms with van der Waals surface area (Å²) in [6.45, 7) is 2.20. The molecule has 0 amide bonds. The van der Waals surface area contributed by atoms with E-state index < -0.39 is 0 Å². The van der Waals surface area contributed by atoms with Crippen molar-refractivity contribution in [2.45, 2.75) is 24.9 Å². The molecule has 0 spiro atoms. The molecule has 2 rings (SSSR count). The summed E-state index contributed by atoms with van der Waals surface area (Å²) in [5.41, 5.74) is 2.16. The van der Waals surface area contributed by atoms with Crippen LogP contribution in [0.2, 0.25) is 0 Å². The van der Waals surface area contributed by atoms with Crippen LogP contribution in [-0.4, -0.2) is 15.7 Å². The molecule has 0 N–H and O–H groups in total. The molecular formula is C14H15IN2S. The van der Waals surface area contributed by atoms with Crippen molar-refractivity contribution in [3.63, 3.8) is 0 Å². The van der Waals surface area contributed by atoms with Crippen molar-refractivity contribution in [2.24, 2.45) is 0 Å². The van der Waals surface area contributed by atoms with Crippen LogP contribution in [0.15, 0.2) is 41.6 Å². The summed E-state index contributed by atoms with van der Waals surface area (Å²) in [6, 6.07) is 12.3. The Morgan fingerprint density at radius 2 is 1.94 bits per heavy atom. The number of unbranched alkanes of at least 4 members (excludes halogenated alkanes) is 1. The van der Waals surface area contributed by atoms with Gasteiger partial charge in [-0.15, -0.1) is 0 Å². The Morgan fingerprint density at radius 1 is 1.17 bits per heavy atom. The predicted molar refractivity (Wildman–Crippen MR) is 85.8 cm³/mol. The molecule has 1 aromatic heterocycles. The van der Waals surface area contributed by atoms with E-state index in [1.165, 1.54) is 12.8 Å². The summed E-state index contributed by atoms with van der Waals surface area (Å²) in [7, 11) is 0. The lowest BCUT2D eigenvalue weighted by Crippen LogP contribution is -1.94. The number of benzene rings is 1. The topological polar surface area (TPSA) is 25.8 Å². The zero-order chi connectivity index (χ0) is 12.8. The van der Waals surface area contributed by atoms with Gasteiger partial charge in [-0.25, -0.2) is 9.97 Å². The van der Waals surface area contributed by atoms with E-state index in [2.05, 4.69) is 51.6 Å². The van der Waals surface area contributed by atoms with E-state index in [1.807, 2.05) is 24.3 Å².